The van der Waals surface area contributed by atoms with Crippen molar-refractivity contribution in [3.63, 3.8) is 0 Å². The molecule has 11 heavy (non-hydrogen) atoms. The van der Waals surface area contributed by atoms with Crippen LogP contribution in [0.5, 0.6) is 5.75 Å². The van der Waals surface area contributed by atoms with Crippen LogP contribution in [0.1, 0.15) is 13.3 Å². The Morgan fingerprint density at radius 2 is 2.55 bits per heavy atom. The van der Waals surface area contributed by atoms with E-state index < -0.39 is 0 Å². The largest absolute Gasteiger partial charge is 0.474 e. The van der Waals surface area contributed by atoms with Crippen molar-refractivity contribution in [1.82, 2.24) is 4.98 Å². The standard InChI is InChI=1S/C8H12N2O/c1-2-8(9)11-7-4-3-5-10-6-7/h3-6,8H,2,9H2,1H3. The first-order valence-electron chi connectivity index (χ1n) is 3.65. The maximum atomic E-state index is 5.55. The zero-order valence-electron chi connectivity index (χ0n) is 6.53. The van der Waals surface area contributed by atoms with Crippen LogP contribution in [0.25, 0.3) is 0 Å². The van der Waals surface area contributed by atoms with Crippen LogP contribution in [0, 0.1) is 0 Å². The first-order valence-corrected chi connectivity index (χ1v) is 3.65. The van der Waals surface area contributed by atoms with Crippen molar-refractivity contribution in [2.24, 2.45) is 5.73 Å². The van der Waals surface area contributed by atoms with Gasteiger partial charge in [-0.2, -0.15) is 0 Å². The zero-order chi connectivity index (χ0) is 8.10. The van der Waals surface area contributed by atoms with Crippen molar-refractivity contribution in [2.45, 2.75) is 19.6 Å². The molecule has 60 valence electrons. The van der Waals surface area contributed by atoms with Gasteiger partial charge in [0.05, 0.1) is 6.20 Å². The molecule has 0 aliphatic heterocycles. The molecule has 2 N–H and O–H groups in total. The topological polar surface area (TPSA) is 48.1 Å². The lowest BCUT2D eigenvalue weighted by Gasteiger charge is -2.10. The summed E-state index contributed by atoms with van der Waals surface area (Å²) in [4.78, 5) is 3.89. The van der Waals surface area contributed by atoms with Gasteiger partial charge in [0.15, 0.2) is 0 Å². The number of nitrogens with zero attached hydrogens (tertiary/aromatic N) is 1. The van der Waals surface area contributed by atoms with Gasteiger partial charge in [-0.05, 0) is 18.6 Å². The number of aromatic nitrogens is 1. The number of ether oxygens (including phenoxy) is 1. The summed E-state index contributed by atoms with van der Waals surface area (Å²) >= 11 is 0. The number of hydrogen-bond donors (Lipinski definition) is 1. The van der Waals surface area contributed by atoms with Gasteiger partial charge >= 0.3 is 0 Å². The summed E-state index contributed by atoms with van der Waals surface area (Å²) in [5.41, 5.74) is 5.55. The quantitative estimate of drug-likeness (QED) is 0.661. The van der Waals surface area contributed by atoms with E-state index in [4.69, 9.17) is 10.5 Å². The molecule has 0 bridgehead atoms. The summed E-state index contributed by atoms with van der Waals surface area (Å²) in [6.07, 6.45) is 3.92. The van der Waals surface area contributed by atoms with Gasteiger partial charge in [-0.25, -0.2) is 0 Å². The lowest BCUT2D eigenvalue weighted by atomic mass is 10.4. The maximum absolute atomic E-state index is 5.55. The van der Waals surface area contributed by atoms with Gasteiger partial charge in [0.25, 0.3) is 0 Å². The molecule has 1 rings (SSSR count). The number of nitrogens with two attached hydrogens (primary N) is 1. The van der Waals surface area contributed by atoms with Crippen LogP contribution >= 0.6 is 0 Å². The van der Waals surface area contributed by atoms with Crippen molar-refractivity contribution in [1.29, 1.82) is 0 Å². The molecule has 0 radical (unpaired) electrons. The predicted octanol–water partition coefficient (Wildman–Crippen LogP) is 1.16. The molecule has 0 saturated heterocycles. The monoisotopic (exact) mass is 152 g/mol. The van der Waals surface area contributed by atoms with Gasteiger partial charge in [-0.3, -0.25) is 10.7 Å². The Kier molecular flexibility index (Phi) is 2.86. The molecule has 1 unspecified atom stereocenters. The Bertz CT molecular complexity index is 201. The molecule has 1 heterocycles. The van der Waals surface area contributed by atoms with Crippen LogP contribution in [0.3, 0.4) is 0 Å². The molecule has 0 aliphatic rings. The smallest absolute Gasteiger partial charge is 0.147 e. The fraction of sp³-hybridized carbons (Fsp3) is 0.375. The van der Waals surface area contributed by atoms with Crippen molar-refractivity contribution in [2.75, 3.05) is 0 Å². The fourth-order valence-corrected chi connectivity index (χ4v) is 0.675. The van der Waals surface area contributed by atoms with Gasteiger partial charge < -0.3 is 4.74 Å². The van der Waals surface area contributed by atoms with Crippen molar-refractivity contribution in [3.8, 4) is 5.75 Å². The summed E-state index contributed by atoms with van der Waals surface area (Å²) < 4.78 is 5.28. The van der Waals surface area contributed by atoms with Gasteiger partial charge in [-0.15, -0.1) is 0 Å². The maximum Gasteiger partial charge on any atom is 0.147 e. The second-order valence-corrected chi connectivity index (χ2v) is 2.25. The van der Waals surface area contributed by atoms with E-state index in [1.165, 1.54) is 0 Å². The molecule has 0 amide bonds. The SMILES string of the molecule is CCC(N)Oc1cccnc1. The first kappa shape index (κ1) is 8.01. The minimum Gasteiger partial charge on any atom is -0.474 e. The number of hydrogen-bond acceptors (Lipinski definition) is 3. The van der Waals surface area contributed by atoms with Crippen molar-refractivity contribution < 1.29 is 4.74 Å². The zero-order valence-corrected chi connectivity index (χ0v) is 6.53. The molecule has 1 aromatic rings. The van der Waals surface area contributed by atoms with Gasteiger partial charge in [0.2, 0.25) is 0 Å². The Morgan fingerprint density at radius 3 is 3.09 bits per heavy atom. The van der Waals surface area contributed by atoms with Gasteiger partial charge in [-0.1, -0.05) is 6.92 Å². The van der Waals surface area contributed by atoms with Gasteiger partial charge in [0, 0.05) is 6.20 Å². The molecule has 3 nitrogen and oxygen atoms in total. The average molecular weight is 152 g/mol. The van der Waals surface area contributed by atoms with Crippen LogP contribution in [0.2, 0.25) is 0 Å². The summed E-state index contributed by atoms with van der Waals surface area (Å²) in [5.74, 6) is 0.724. The molecular formula is C8H12N2O. The molecule has 0 aromatic carbocycles. The third-order valence-electron chi connectivity index (χ3n) is 1.32. The molecule has 1 atom stereocenters. The van der Waals surface area contributed by atoms with Crippen LogP contribution < -0.4 is 10.5 Å². The van der Waals surface area contributed by atoms with E-state index in [9.17, 15) is 0 Å². The van der Waals surface area contributed by atoms with Crippen LogP contribution in [0.4, 0.5) is 0 Å². The molecule has 1 aromatic heterocycles. The Labute approximate surface area is 66.2 Å². The molecule has 0 fully saturated rings. The highest BCUT2D eigenvalue weighted by molar-refractivity contribution is 5.15. The van der Waals surface area contributed by atoms with E-state index in [0.29, 0.717) is 0 Å². The number of pyridine rings is 1. The van der Waals surface area contributed by atoms with E-state index in [-0.39, 0.29) is 6.23 Å². The summed E-state index contributed by atoms with van der Waals surface area (Å²) in [6, 6.07) is 3.65. The van der Waals surface area contributed by atoms with Crippen molar-refractivity contribution in [3.05, 3.63) is 24.5 Å². The molecular weight excluding hydrogens is 140 g/mol. The highest BCUT2D eigenvalue weighted by Crippen LogP contribution is 2.07. The van der Waals surface area contributed by atoms with Crippen LogP contribution in [-0.4, -0.2) is 11.2 Å². The third kappa shape index (κ3) is 2.55. The fourth-order valence-electron chi connectivity index (χ4n) is 0.675. The van der Waals surface area contributed by atoms with E-state index in [1.54, 1.807) is 12.4 Å². The van der Waals surface area contributed by atoms with E-state index in [2.05, 4.69) is 4.98 Å². The second kappa shape index (κ2) is 3.93. The lowest BCUT2D eigenvalue weighted by Crippen LogP contribution is -2.25. The van der Waals surface area contributed by atoms with E-state index in [1.807, 2.05) is 19.1 Å². The first-order chi connectivity index (χ1) is 5.33. The Hall–Kier alpha value is -1.09. The van der Waals surface area contributed by atoms with Crippen LogP contribution in [0.15, 0.2) is 24.5 Å². The minimum atomic E-state index is -0.223. The summed E-state index contributed by atoms with van der Waals surface area (Å²) in [7, 11) is 0. The highest BCUT2D eigenvalue weighted by Gasteiger charge is 1.98. The van der Waals surface area contributed by atoms with Crippen LogP contribution in [-0.2, 0) is 0 Å². The molecule has 0 spiro atoms. The predicted molar refractivity (Wildman–Crippen MR) is 43.1 cm³/mol. The van der Waals surface area contributed by atoms with Crippen molar-refractivity contribution >= 4 is 0 Å². The van der Waals surface area contributed by atoms with E-state index in [0.717, 1.165) is 12.2 Å². The third-order valence-corrected chi connectivity index (χ3v) is 1.32. The Balaban J connectivity index is 2.51. The van der Waals surface area contributed by atoms with E-state index >= 15 is 0 Å². The molecule has 0 saturated carbocycles. The number of rotatable bonds is 3. The summed E-state index contributed by atoms with van der Waals surface area (Å²) in [6.45, 7) is 1.97. The highest BCUT2D eigenvalue weighted by atomic mass is 16.5. The average Bonchev–Trinajstić information content (AvgIpc) is 2.06. The molecule has 3 heteroatoms. The second-order valence-electron chi connectivity index (χ2n) is 2.25. The van der Waals surface area contributed by atoms with Gasteiger partial charge in [0.1, 0.15) is 12.0 Å². The molecule has 0 aliphatic carbocycles. The normalized spacial score (nSPS) is 12.5. The lowest BCUT2D eigenvalue weighted by molar-refractivity contribution is 0.204. The summed E-state index contributed by atoms with van der Waals surface area (Å²) in [5, 5.41) is 0. The Morgan fingerprint density at radius 1 is 1.73 bits per heavy atom. The minimum absolute atomic E-state index is 0.223.